The Hall–Kier alpha value is -7.50. The number of imidazole rings is 2. The van der Waals surface area contributed by atoms with Crippen LogP contribution >= 0.6 is 0 Å². The molecule has 0 N–H and O–H groups in total. The van der Waals surface area contributed by atoms with E-state index in [0.29, 0.717) is 23.7 Å². The number of para-hydroxylation sites is 4. The number of aromatic nitrogens is 4. The Bertz CT molecular complexity index is 3920. The molecule has 4 heterocycles. The van der Waals surface area contributed by atoms with E-state index in [4.69, 9.17) is 14.7 Å². The summed E-state index contributed by atoms with van der Waals surface area (Å²) in [4.78, 5) is 10.6. The van der Waals surface area contributed by atoms with Crippen molar-refractivity contribution in [1.82, 2.24) is 18.8 Å². The summed E-state index contributed by atoms with van der Waals surface area (Å²) in [5.74, 6) is 3.00. The number of pyridine rings is 2. The van der Waals surface area contributed by atoms with Crippen molar-refractivity contribution in [3.63, 3.8) is 0 Å². The third kappa shape index (κ3) is 6.35. The van der Waals surface area contributed by atoms with Crippen LogP contribution in [0.5, 0.6) is 11.5 Å². The molecule has 0 aliphatic heterocycles. The van der Waals surface area contributed by atoms with E-state index in [1.165, 1.54) is 55.3 Å². The largest absolute Gasteiger partial charge is 0.457 e. The lowest BCUT2D eigenvalue weighted by Crippen LogP contribution is -2.01. The molecule has 328 valence electrons. The molecular weight excluding hydrogens is 817 g/mol. The fourth-order valence-corrected chi connectivity index (χ4v) is 11.1. The van der Waals surface area contributed by atoms with Crippen LogP contribution < -0.4 is 4.74 Å². The topological polar surface area (TPSA) is 43.8 Å². The van der Waals surface area contributed by atoms with E-state index in [1.54, 1.807) is 0 Å². The van der Waals surface area contributed by atoms with Gasteiger partial charge in [-0.2, -0.15) is 0 Å². The van der Waals surface area contributed by atoms with Crippen molar-refractivity contribution in [1.29, 1.82) is 0 Å². The van der Waals surface area contributed by atoms with Gasteiger partial charge in [-0.3, -0.25) is 8.80 Å². The average Bonchev–Trinajstić information content (AvgIpc) is 3.93. The van der Waals surface area contributed by atoms with E-state index >= 15 is 0 Å². The van der Waals surface area contributed by atoms with Crippen molar-refractivity contribution in [2.75, 3.05) is 0 Å². The van der Waals surface area contributed by atoms with E-state index in [9.17, 15) is 0 Å². The highest BCUT2D eigenvalue weighted by Gasteiger charge is 2.23. The average molecular weight is 871 g/mol. The Morgan fingerprint density at radius 3 is 1.42 bits per heavy atom. The van der Waals surface area contributed by atoms with Crippen molar-refractivity contribution in [3.05, 3.63) is 180 Å². The number of hydrogen-bond donors (Lipinski definition) is 0. The van der Waals surface area contributed by atoms with Crippen LogP contribution in [0.1, 0.15) is 101 Å². The van der Waals surface area contributed by atoms with Crippen LogP contribution in [0.4, 0.5) is 0 Å². The van der Waals surface area contributed by atoms with Gasteiger partial charge in [0.1, 0.15) is 22.8 Å². The van der Waals surface area contributed by atoms with Gasteiger partial charge >= 0.3 is 0 Å². The van der Waals surface area contributed by atoms with Crippen LogP contribution in [-0.4, -0.2) is 18.8 Å². The van der Waals surface area contributed by atoms with Gasteiger partial charge in [0.25, 0.3) is 0 Å². The molecule has 0 saturated carbocycles. The lowest BCUT2D eigenvalue weighted by molar-refractivity contribution is 0.484. The quantitative estimate of drug-likeness (QED) is 0.143. The first-order valence-corrected chi connectivity index (χ1v) is 24.0. The summed E-state index contributed by atoms with van der Waals surface area (Å²) < 4.78 is 11.7. The molecule has 0 spiro atoms. The Kier molecular flexibility index (Phi) is 9.51. The molecule has 5 nitrogen and oxygen atoms in total. The minimum absolute atomic E-state index is 0.357. The van der Waals surface area contributed by atoms with Gasteiger partial charge in [-0.05, 0) is 158 Å². The number of nitrogens with zero attached hydrogens (tertiary/aromatic N) is 4. The van der Waals surface area contributed by atoms with Gasteiger partial charge < -0.3 is 4.74 Å². The summed E-state index contributed by atoms with van der Waals surface area (Å²) in [6, 6.07) is 57.5. The van der Waals surface area contributed by atoms with Gasteiger partial charge in [0.05, 0.1) is 33.1 Å². The number of benzene rings is 8. The molecule has 0 amide bonds. The first-order valence-electron chi connectivity index (χ1n) is 24.0. The molecule has 5 heteroatoms. The predicted octanol–water partition coefficient (Wildman–Crippen LogP) is 17.5. The first kappa shape index (κ1) is 41.0. The maximum Gasteiger partial charge on any atom is 0.146 e. The van der Waals surface area contributed by atoms with E-state index in [-0.39, 0.29) is 0 Å². The zero-order chi connectivity index (χ0) is 45.8. The van der Waals surface area contributed by atoms with Gasteiger partial charge in [-0.25, -0.2) is 9.97 Å². The maximum atomic E-state index is 6.98. The smallest absolute Gasteiger partial charge is 0.146 e. The van der Waals surface area contributed by atoms with E-state index in [1.807, 2.05) is 0 Å². The second-order valence-electron chi connectivity index (χ2n) is 19.7. The second kappa shape index (κ2) is 15.6. The molecule has 0 atom stereocenters. The lowest BCUT2D eigenvalue weighted by Gasteiger charge is -2.22. The standard InChI is InChI=1S/C62H54N4O/c1-35(2)42-16-13-17-43(36(3)4)58(42)39-26-31-54-49(32-39)46-29-27-40(33-50(46)61-63-52-21-9-11-23-55(52)65(54)61)67-41-28-30-47-51(34-41)62-64-53-22-10-12-24-56(53)66(62)57-25-15-20-48(60(47)57)59-44(37(5)6)18-14-19-45(59)38(7)8/h9-38H,1-8H3. The maximum absolute atomic E-state index is 6.98. The molecule has 0 fully saturated rings. The zero-order valence-corrected chi connectivity index (χ0v) is 39.5. The second-order valence-corrected chi connectivity index (χ2v) is 19.7. The fraction of sp³-hybridized carbons (Fsp3) is 0.194. The van der Waals surface area contributed by atoms with Gasteiger partial charge in [0, 0.05) is 21.5 Å². The van der Waals surface area contributed by atoms with Gasteiger partial charge in [0.2, 0.25) is 0 Å². The third-order valence-corrected chi connectivity index (χ3v) is 14.2. The molecule has 12 rings (SSSR count). The molecule has 0 radical (unpaired) electrons. The molecule has 12 aromatic rings. The Labute approximate surface area is 391 Å². The molecule has 0 unspecified atom stereocenters. The summed E-state index contributed by atoms with van der Waals surface area (Å²) in [7, 11) is 0. The van der Waals surface area contributed by atoms with Gasteiger partial charge in [0.15, 0.2) is 0 Å². The highest BCUT2D eigenvalue weighted by Crippen LogP contribution is 2.45. The molecule has 0 aliphatic rings. The zero-order valence-electron chi connectivity index (χ0n) is 39.5. The van der Waals surface area contributed by atoms with Crippen LogP contribution in [0, 0.1) is 0 Å². The van der Waals surface area contributed by atoms with Crippen molar-refractivity contribution in [3.8, 4) is 33.8 Å². The number of rotatable bonds is 8. The molecule has 67 heavy (non-hydrogen) atoms. The highest BCUT2D eigenvalue weighted by atomic mass is 16.5. The monoisotopic (exact) mass is 870 g/mol. The van der Waals surface area contributed by atoms with Gasteiger partial charge in [-0.15, -0.1) is 0 Å². The summed E-state index contributed by atoms with van der Waals surface area (Å²) in [6.07, 6.45) is 0. The molecule has 4 aromatic heterocycles. The molecule has 0 bridgehead atoms. The van der Waals surface area contributed by atoms with Crippen molar-refractivity contribution in [2.45, 2.75) is 79.1 Å². The minimum atomic E-state index is 0.357. The fourth-order valence-electron chi connectivity index (χ4n) is 11.1. The number of ether oxygens (including phenoxy) is 1. The SMILES string of the molecule is CC(C)c1cccc(C(C)C)c1-c1ccc2c(c1)c1ccc(Oc3ccc4c(c3)c3nc5ccccc5n3c3cccc(-c5c(C(C)C)cccc5C(C)C)c43)cc1c1nc3ccccc3n21. The molecule has 0 aliphatic carbocycles. The summed E-state index contributed by atoms with van der Waals surface area (Å²) in [5, 5.41) is 6.79. The highest BCUT2D eigenvalue weighted by molar-refractivity contribution is 6.19. The predicted molar refractivity (Wildman–Crippen MR) is 283 cm³/mol. The first-order chi connectivity index (χ1) is 32.5. The van der Waals surface area contributed by atoms with E-state index < -0.39 is 0 Å². The van der Waals surface area contributed by atoms with Crippen LogP contribution in [0.25, 0.3) is 99.0 Å². The normalized spacial score (nSPS) is 12.4. The van der Waals surface area contributed by atoms with E-state index in [2.05, 4.69) is 222 Å². The van der Waals surface area contributed by atoms with Crippen molar-refractivity contribution >= 4 is 76.7 Å². The van der Waals surface area contributed by atoms with Crippen LogP contribution in [0.2, 0.25) is 0 Å². The minimum Gasteiger partial charge on any atom is -0.457 e. The van der Waals surface area contributed by atoms with Crippen LogP contribution in [0.15, 0.2) is 158 Å². The molecular formula is C62H54N4O. The Morgan fingerprint density at radius 2 is 0.851 bits per heavy atom. The van der Waals surface area contributed by atoms with Crippen molar-refractivity contribution in [2.24, 2.45) is 0 Å². The molecule has 0 saturated heterocycles. The van der Waals surface area contributed by atoms with Crippen LogP contribution in [-0.2, 0) is 0 Å². The Morgan fingerprint density at radius 1 is 0.373 bits per heavy atom. The Balaban J connectivity index is 1.08. The number of fused-ring (bicyclic) bond motifs is 16. The number of hydrogen-bond acceptors (Lipinski definition) is 3. The van der Waals surface area contributed by atoms with Crippen LogP contribution in [0.3, 0.4) is 0 Å². The lowest BCUT2D eigenvalue weighted by atomic mass is 9.83. The van der Waals surface area contributed by atoms with E-state index in [0.717, 1.165) is 77.4 Å². The van der Waals surface area contributed by atoms with Gasteiger partial charge in [-0.1, -0.05) is 134 Å². The summed E-state index contributed by atoms with van der Waals surface area (Å²) in [5.41, 5.74) is 18.9. The third-order valence-electron chi connectivity index (χ3n) is 14.2. The van der Waals surface area contributed by atoms with Crippen molar-refractivity contribution < 1.29 is 4.74 Å². The summed E-state index contributed by atoms with van der Waals surface area (Å²) >= 11 is 0. The summed E-state index contributed by atoms with van der Waals surface area (Å²) in [6.45, 7) is 18.4. The molecule has 8 aromatic carbocycles.